The molecule has 2 N–H and O–H groups in total. The van der Waals surface area contributed by atoms with E-state index in [0.29, 0.717) is 22.3 Å². The third-order valence-electron chi connectivity index (χ3n) is 2.45. The van der Waals surface area contributed by atoms with Crippen molar-refractivity contribution >= 4 is 44.8 Å². The van der Waals surface area contributed by atoms with Crippen molar-refractivity contribution in [2.24, 2.45) is 0 Å². The topological polar surface area (TPSA) is 32.3 Å². The number of benzene rings is 2. The fourth-order valence-electron chi connectivity index (χ4n) is 1.56. The Hall–Kier alpha value is -0.900. The van der Waals surface area contributed by atoms with Gasteiger partial charge in [0.15, 0.2) is 0 Å². The molecular weight excluding hydrogens is 337 g/mol. The van der Waals surface area contributed by atoms with Gasteiger partial charge in [-0.05, 0) is 18.2 Å². The Morgan fingerprint density at radius 1 is 1.11 bits per heavy atom. The van der Waals surface area contributed by atoms with Gasteiger partial charge >= 0.3 is 0 Å². The number of nitrogens with one attached hydrogen (secondary N) is 1. The third kappa shape index (κ3) is 3.10. The van der Waals surface area contributed by atoms with Gasteiger partial charge in [0, 0.05) is 16.6 Å². The van der Waals surface area contributed by atoms with Crippen LogP contribution in [0.3, 0.4) is 0 Å². The quantitative estimate of drug-likeness (QED) is 0.812. The lowest BCUT2D eigenvalue weighted by atomic mass is 10.2. The van der Waals surface area contributed by atoms with Crippen LogP contribution in [0.4, 0.5) is 5.69 Å². The minimum Gasteiger partial charge on any atom is -0.508 e. The van der Waals surface area contributed by atoms with Gasteiger partial charge < -0.3 is 10.4 Å². The number of hydrogen-bond donors (Lipinski definition) is 2. The van der Waals surface area contributed by atoms with Crippen LogP contribution in [-0.4, -0.2) is 5.11 Å². The summed E-state index contributed by atoms with van der Waals surface area (Å²) in [5, 5.41) is 13.8. The van der Waals surface area contributed by atoms with Crippen LogP contribution in [0.1, 0.15) is 5.56 Å². The van der Waals surface area contributed by atoms with E-state index in [1.54, 1.807) is 24.3 Å². The highest BCUT2D eigenvalue weighted by Gasteiger charge is 2.08. The van der Waals surface area contributed by atoms with E-state index in [2.05, 4.69) is 21.2 Å². The fraction of sp³-hybridized carbons (Fsp3) is 0.0769. The van der Waals surface area contributed by atoms with Crippen molar-refractivity contribution in [3.05, 3.63) is 56.5 Å². The molecule has 94 valence electrons. The molecule has 0 atom stereocenters. The average molecular weight is 347 g/mol. The highest BCUT2D eigenvalue weighted by atomic mass is 79.9. The molecule has 0 aliphatic heterocycles. The van der Waals surface area contributed by atoms with Gasteiger partial charge in [-0.2, -0.15) is 0 Å². The van der Waals surface area contributed by atoms with E-state index in [1.165, 1.54) is 0 Å². The number of phenols is 1. The number of phenolic OH excluding ortho intramolecular Hbond substituents is 1. The summed E-state index contributed by atoms with van der Waals surface area (Å²) >= 11 is 15.5. The van der Waals surface area contributed by atoms with E-state index in [4.69, 9.17) is 23.2 Å². The molecule has 0 aliphatic rings. The van der Waals surface area contributed by atoms with Gasteiger partial charge in [-0.1, -0.05) is 57.3 Å². The standard InChI is InChI=1S/C13H10BrCl2NO/c14-9-5-10(15)13(11(16)6-9)17-7-8-3-1-2-4-12(8)18/h1-6,17-18H,7H2. The molecule has 0 saturated heterocycles. The zero-order valence-corrected chi connectivity index (χ0v) is 12.4. The van der Waals surface area contributed by atoms with Crippen LogP contribution in [0, 0.1) is 0 Å². The Labute approximate surface area is 124 Å². The van der Waals surface area contributed by atoms with Gasteiger partial charge in [0.1, 0.15) is 5.75 Å². The van der Waals surface area contributed by atoms with Gasteiger partial charge in [-0.25, -0.2) is 0 Å². The lowest BCUT2D eigenvalue weighted by molar-refractivity contribution is 0.469. The first-order valence-corrected chi connectivity index (χ1v) is 6.78. The maximum absolute atomic E-state index is 9.66. The van der Waals surface area contributed by atoms with Gasteiger partial charge in [-0.15, -0.1) is 0 Å². The van der Waals surface area contributed by atoms with E-state index < -0.39 is 0 Å². The van der Waals surface area contributed by atoms with E-state index >= 15 is 0 Å². The molecule has 0 bridgehead atoms. The van der Waals surface area contributed by atoms with Crippen molar-refractivity contribution in [1.82, 2.24) is 0 Å². The first-order chi connectivity index (χ1) is 8.58. The molecule has 0 aliphatic carbocycles. The molecular formula is C13H10BrCl2NO. The van der Waals surface area contributed by atoms with Crippen LogP contribution in [-0.2, 0) is 6.54 Å². The summed E-state index contributed by atoms with van der Waals surface area (Å²) in [6, 6.07) is 10.6. The molecule has 0 radical (unpaired) electrons. The Balaban J connectivity index is 2.19. The SMILES string of the molecule is Oc1ccccc1CNc1c(Cl)cc(Br)cc1Cl. The second kappa shape index (κ2) is 5.83. The summed E-state index contributed by atoms with van der Waals surface area (Å²) in [5.74, 6) is 0.245. The second-order valence-corrected chi connectivity index (χ2v) is 5.46. The zero-order chi connectivity index (χ0) is 13.1. The highest BCUT2D eigenvalue weighted by Crippen LogP contribution is 2.34. The molecule has 0 amide bonds. The molecule has 5 heteroatoms. The Bertz CT molecular complexity index is 552. The fourth-order valence-corrected chi connectivity index (χ4v) is 2.90. The molecule has 2 aromatic carbocycles. The monoisotopic (exact) mass is 345 g/mol. The lowest BCUT2D eigenvalue weighted by Gasteiger charge is -2.11. The summed E-state index contributed by atoms with van der Waals surface area (Å²) in [5.41, 5.74) is 1.44. The molecule has 2 rings (SSSR count). The smallest absolute Gasteiger partial charge is 0.120 e. The molecule has 18 heavy (non-hydrogen) atoms. The summed E-state index contributed by atoms with van der Waals surface area (Å²) in [6.07, 6.45) is 0. The van der Waals surface area contributed by atoms with Gasteiger partial charge in [0.05, 0.1) is 15.7 Å². The molecule has 0 unspecified atom stereocenters. The second-order valence-electron chi connectivity index (χ2n) is 3.73. The normalized spacial score (nSPS) is 10.4. The van der Waals surface area contributed by atoms with Crippen molar-refractivity contribution in [3.8, 4) is 5.75 Å². The van der Waals surface area contributed by atoms with Crippen molar-refractivity contribution in [3.63, 3.8) is 0 Å². The predicted molar refractivity (Wildman–Crippen MR) is 79.6 cm³/mol. The first kappa shape index (κ1) is 13.5. The largest absolute Gasteiger partial charge is 0.508 e. The van der Waals surface area contributed by atoms with E-state index in [1.807, 2.05) is 12.1 Å². The summed E-state index contributed by atoms with van der Waals surface area (Å²) < 4.78 is 0.825. The van der Waals surface area contributed by atoms with E-state index in [-0.39, 0.29) is 5.75 Å². The first-order valence-electron chi connectivity index (χ1n) is 5.23. The number of para-hydroxylation sites is 1. The van der Waals surface area contributed by atoms with Crippen molar-refractivity contribution in [1.29, 1.82) is 0 Å². The van der Waals surface area contributed by atoms with Crippen LogP contribution in [0.25, 0.3) is 0 Å². The molecule has 0 fully saturated rings. The van der Waals surface area contributed by atoms with Crippen molar-refractivity contribution in [2.75, 3.05) is 5.32 Å². The van der Waals surface area contributed by atoms with Gasteiger partial charge in [0.2, 0.25) is 0 Å². The third-order valence-corrected chi connectivity index (χ3v) is 3.51. The van der Waals surface area contributed by atoms with Crippen molar-refractivity contribution in [2.45, 2.75) is 6.54 Å². The lowest BCUT2D eigenvalue weighted by Crippen LogP contribution is -2.01. The van der Waals surface area contributed by atoms with Gasteiger partial charge in [-0.3, -0.25) is 0 Å². The maximum atomic E-state index is 9.66. The molecule has 2 aromatic rings. The minimum absolute atomic E-state index is 0.245. The molecule has 2 nitrogen and oxygen atoms in total. The van der Waals surface area contributed by atoms with Crippen LogP contribution in [0.5, 0.6) is 5.75 Å². The molecule has 0 aromatic heterocycles. The van der Waals surface area contributed by atoms with Crippen LogP contribution >= 0.6 is 39.1 Å². The molecule has 0 heterocycles. The van der Waals surface area contributed by atoms with Gasteiger partial charge in [0.25, 0.3) is 0 Å². The number of rotatable bonds is 3. The Kier molecular flexibility index (Phi) is 4.38. The van der Waals surface area contributed by atoms with E-state index in [9.17, 15) is 5.11 Å². The molecule has 0 spiro atoms. The van der Waals surface area contributed by atoms with Crippen LogP contribution in [0.15, 0.2) is 40.9 Å². The predicted octanol–water partition coefficient (Wildman–Crippen LogP) is 5.07. The minimum atomic E-state index is 0.245. The average Bonchev–Trinajstić information content (AvgIpc) is 2.30. The number of hydrogen-bond acceptors (Lipinski definition) is 2. The Morgan fingerprint density at radius 3 is 2.33 bits per heavy atom. The van der Waals surface area contributed by atoms with Crippen LogP contribution < -0.4 is 5.32 Å². The highest BCUT2D eigenvalue weighted by molar-refractivity contribution is 9.10. The number of anilines is 1. The van der Waals surface area contributed by atoms with Crippen LogP contribution in [0.2, 0.25) is 10.0 Å². The number of halogens is 3. The summed E-state index contributed by atoms with van der Waals surface area (Å²) in [7, 11) is 0. The van der Waals surface area contributed by atoms with Crippen molar-refractivity contribution < 1.29 is 5.11 Å². The summed E-state index contributed by atoms with van der Waals surface area (Å²) in [6.45, 7) is 0.452. The summed E-state index contributed by atoms with van der Waals surface area (Å²) in [4.78, 5) is 0. The zero-order valence-electron chi connectivity index (χ0n) is 9.25. The maximum Gasteiger partial charge on any atom is 0.120 e. The van der Waals surface area contributed by atoms with E-state index in [0.717, 1.165) is 10.0 Å². The Morgan fingerprint density at radius 2 is 1.72 bits per heavy atom. The number of aromatic hydroxyl groups is 1. The molecule has 0 saturated carbocycles.